The molecular formula is C4H9KN2O. The molecule has 0 aliphatic rings. The van der Waals surface area contributed by atoms with Gasteiger partial charge in [-0.05, 0) is 13.3 Å². The van der Waals surface area contributed by atoms with Crippen LogP contribution in [0.3, 0.4) is 0 Å². The summed E-state index contributed by atoms with van der Waals surface area (Å²) >= 11 is 0. The van der Waals surface area contributed by atoms with E-state index in [9.17, 15) is 5.21 Å². The van der Waals surface area contributed by atoms with E-state index in [1.54, 1.807) is 0 Å². The Hall–Kier alpha value is 1.04. The van der Waals surface area contributed by atoms with Gasteiger partial charge in [0.2, 0.25) is 0 Å². The Kier molecular flexibility index (Phi) is 11.8. The van der Waals surface area contributed by atoms with Gasteiger partial charge in [-0.2, -0.15) is 5.11 Å². The second-order valence-corrected chi connectivity index (χ2v) is 1.45. The van der Waals surface area contributed by atoms with Gasteiger partial charge in [0, 0.05) is 0 Å². The van der Waals surface area contributed by atoms with Crippen molar-refractivity contribution in [2.45, 2.75) is 26.3 Å². The van der Waals surface area contributed by atoms with Gasteiger partial charge in [-0.3, -0.25) is 0 Å². The van der Waals surface area contributed by atoms with Crippen LogP contribution in [-0.4, -0.2) is 6.04 Å². The van der Waals surface area contributed by atoms with Crippen molar-refractivity contribution in [2.24, 2.45) is 10.4 Å². The zero-order valence-corrected chi connectivity index (χ0v) is 8.71. The van der Waals surface area contributed by atoms with Crippen molar-refractivity contribution in [3.05, 3.63) is 5.21 Å². The molecule has 0 saturated carbocycles. The van der Waals surface area contributed by atoms with Crippen LogP contribution in [0.5, 0.6) is 0 Å². The maximum Gasteiger partial charge on any atom is 1.00 e. The van der Waals surface area contributed by atoms with Crippen LogP contribution in [0.2, 0.25) is 0 Å². The molecule has 0 heterocycles. The van der Waals surface area contributed by atoms with Gasteiger partial charge < -0.3 is 5.21 Å². The van der Waals surface area contributed by atoms with Gasteiger partial charge in [0.25, 0.3) is 0 Å². The van der Waals surface area contributed by atoms with Gasteiger partial charge in [0.1, 0.15) is 0 Å². The fourth-order valence-electron chi connectivity index (χ4n) is 0.162. The van der Waals surface area contributed by atoms with E-state index in [-0.39, 0.29) is 57.4 Å². The standard InChI is InChI=1S/C4H10N2O.K/c1-3-4(2)5-6-7;/h4H,3H2,1-2H3,(H,5,7);/q;+1/p-1. The molecule has 0 aliphatic heterocycles. The Morgan fingerprint density at radius 2 is 2.12 bits per heavy atom. The average molecular weight is 140 g/mol. The predicted octanol–water partition coefficient (Wildman–Crippen LogP) is -1.26. The van der Waals surface area contributed by atoms with Gasteiger partial charge in [-0.15, -0.1) is 0 Å². The monoisotopic (exact) mass is 140 g/mol. The molecule has 0 N–H and O–H groups in total. The summed E-state index contributed by atoms with van der Waals surface area (Å²) in [7, 11) is 0. The first-order valence-corrected chi connectivity index (χ1v) is 2.33. The van der Waals surface area contributed by atoms with E-state index in [0.717, 1.165) is 6.42 Å². The van der Waals surface area contributed by atoms with E-state index < -0.39 is 0 Å². The van der Waals surface area contributed by atoms with Crippen LogP contribution >= 0.6 is 0 Å². The average Bonchev–Trinajstić information content (AvgIpc) is 1.68. The van der Waals surface area contributed by atoms with Crippen molar-refractivity contribution < 1.29 is 51.4 Å². The summed E-state index contributed by atoms with van der Waals surface area (Å²) in [6, 6.07) is 0.0949. The van der Waals surface area contributed by atoms with E-state index in [2.05, 4.69) is 10.4 Å². The zero-order valence-electron chi connectivity index (χ0n) is 5.59. The van der Waals surface area contributed by atoms with E-state index in [0.29, 0.717) is 0 Å². The molecule has 0 spiro atoms. The largest absolute Gasteiger partial charge is 1.00 e. The van der Waals surface area contributed by atoms with Gasteiger partial charge in [-0.1, -0.05) is 6.92 Å². The number of rotatable bonds is 2. The van der Waals surface area contributed by atoms with Crippen LogP contribution in [0.25, 0.3) is 0 Å². The smallest absolute Gasteiger partial charge is 0.775 e. The van der Waals surface area contributed by atoms with E-state index in [1.807, 2.05) is 13.8 Å². The number of hydrogen-bond donors (Lipinski definition) is 0. The third-order valence-corrected chi connectivity index (χ3v) is 0.835. The van der Waals surface area contributed by atoms with Crippen molar-refractivity contribution in [1.82, 2.24) is 0 Å². The molecule has 0 aromatic rings. The fourth-order valence-corrected chi connectivity index (χ4v) is 0.162. The second-order valence-electron chi connectivity index (χ2n) is 1.45. The molecule has 0 radical (unpaired) electrons. The molecule has 4 heteroatoms. The topological polar surface area (TPSA) is 47.8 Å². The summed E-state index contributed by atoms with van der Waals surface area (Å²) in [5, 5.41) is 15.1. The minimum atomic E-state index is 0. The molecule has 0 rings (SSSR count). The molecule has 0 aromatic heterocycles. The summed E-state index contributed by atoms with van der Waals surface area (Å²) in [5.74, 6) is 0. The third-order valence-electron chi connectivity index (χ3n) is 0.835. The Labute approximate surface area is 92.0 Å². The van der Waals surface area contributed by atoms with Gasteiger partial charge in [0.15, 0.2) is 0 Å². The Morgan fingerprint density at radius 1 is 1.62 bits per heavy atom. The normalized spacial score (nSPS) is 13.2. The number of nitrogens with zero attached hydrogens (tertiary/aromatic N) is 2. The minimum absolute atomic E-state index is 0. The Morgan fingerprint density at radius 3 is 2.25 bits per heavy atom. The van der Waals surface area contributed by atoms with Crippen molar-refractivity contribution in [2.75, 3.05) is 0 Å². The maximum atomic E-state index is 9.36. The fraction of sp³-hybridized carbons (Fsp3) is 1.00. The van der Waals surface area contributed by atoms with Crippen LogP contribution in [0.15, 0.2) is 10.4 Å². The first kappa shape index (κ1) is 11.8. The third kappa shape index (κ3) is 7.04. The number of hydrogen-bond acceptors (Lipinski definition) is 3. The zero-order chi connectivity index (χ0) is 5.70. The molecule has 1 atom stereocenters. The molecule has 42 valence electrons. The molecule has 0 amide bonds. The molecule has 8 heavy (non-hydrogen) atoms. The van der Waals surface area contributed by atoms with Gasteiger partial charge >= 0.3 is 51.4 Å². The SMILES string of the molecule is CCC(C)N=N[O-].[K+]. The van der Waals surface area contributed by atoms with Crippen molar-refractivity contribution in [3.8, 4) is 0 Å². The van der Waals surface area contributed by atoms with E-state index in [4.69, 9.17) is 0 Å². The van der Waals surface area contributed by atoms with Gasteiger partial charge in [-0.25, -0.2) is 5.28 Å². The van der Waals surface area contributed by atoms with Crippen LogP contribution in [0.1, 0.15) is 20.3 Å². The molecular weight excluding hydrogens is 131 g/mol. The summed E-state index contributed by atoms with van der Waals surface area (Å²) in [6.07, 6.45) is 0.881. The molecule has 3 nitrogen and oxygen atoms in total. The van der Waals surface area contributed by atoms with Crippen LogP contribution in [-0.2, 0) is 0 Å². The maximum absolute atomic E-state index is 9.36. The summed E-state index contributed by atoms with van der Waals surface area (Å²) in [4.78, 5) is 0. The van der Waals surface area contributed by atoms with Gasteiger partial charge in [0.05, 0.1) is 6.04 Å². The summed E-state index contributed by atoms with van der Waals surface area (Å²) in [5.41, 5.74) is 0. The molecule has 0 fully saturated rings. The van der Waals surface area contributed by atoms with Crippen molar-refractivity contribution in [1.29, 1.82) is 0 Å². The second kappa shape index (κ2) is 8.04. The van der Waals surface area contributed by atoms with Crippen LogP contribution < -0.4 is 51.4 Å². The minimum Gasteiger partial charge on any atom is -0.775 e. The summed E-state index contributed by atoms with van der Waals surface area (Å²) in [6.45, 7) is 3.81. The Bertz CT molecular complexity index is 67.1. The quantitative estimate of drug-likeness (QED) is 0.268. The van der Waals surface area contributed by atoms with Crippen molar-refractivity contribution >= 4 is 0 Å². The Balaban J connectivity index is 0. The first-order valence-electron chi connectivity index (χ1n) is 2.33. The van der Waals surface area contributed by atoms with Crippen LogP contribution in [0.4, 0.5) is 0 Å². The summed E-state index contributed by atoms with van der Waals surface area (Å²) < 4.78 is 0. The van der Waals surface area contributed by atoms with E-state index in [1.165, 1.54) is 0 Å². The molecule has 0 aliphatic carbocycles. The molecule has 0 saturated heterocycles. The van der Waals surface area contributed by atoms with E-state index >= 15 is 0 Å². The van der Waals surface area contributed by atoms with Crippen molar-refractivity contribution in [3.63, 3.8) is 0 Å². The molecule has 1 unspecified atom stereocenters. The molecule has 0 aromatic carbocycles. The van der Waals surface area contributed by atoms with Crippen LogP contribution in [0, 0.1) is 5.21 Å². The first-order chi connectivity index (χ1) is 3.31. The molecule has 0 bridgehead atoms. The predicted molar refractivity (Wildman–Crippen MR) is 28.0 cm³/mol.